The van der Waals surface area contributed by atoms with Crippen LogP contribution < -0.4 is 0 Å². The fourth-order valence-corrected chi connectivity index (χ4v) is 3.21. The SMILES string of the molecule is CCc1ocnc1C(=O)N(Cc1ccc(C)s1)C1CC1. The van der Waals surface area contributed by atoms with E-state index in [1.807, 2.05) is 11.8 Å². The lowest BCUT2D eigenvalue weighted by molar-refractivity contribution is 0.0724. The first-order valence-electron chi connectivity index (χ1n) is 6.97. The van der Waals surface area contributed by atoms with Gasteiger partial charge in [-0.2, -0.15) is 0 Å². The van der Waals surface area contributed by atoms with Crippen LogP contribution in [-0.4, -0.2) is 21.8 Å². The molecule has 2 heterocycles. The van der Waals surface area contributed by atoms with Crippen molar-refractivity contribution >= 4 is 17.2 Å². The summed E-state index contributed by atoms with van der Waals surface area (Å²) < 4.78 is 5.28. The predicted octanol–water partition coefficient (Wildman–Crippen LogP) is 3.41. The van der Waals surface area contributed by atoms with Gasteiger partial charge in [-0.1, -0.05) is 6.92 Å². The quantitative estimate of drug-likeness (QED) is 0.847. The van der Waals surface area contributed by atoms with Crippen LogP contribution in [0, 0.1) is 6.92 Å². The fourth-order valence-electron chi connectivity index (χ4n) is 2.32. The highest BCUT2D eigenvalue weighted by Crippen LogP contribution is 2.31. The van der Waals surface area contributed by atoms with E-state index in [2.05, 4.69) is 24.0 Å². The maximum Gasteiger partial charge on any atom is 0.276 e. The number of carbonyl (C=O) groups excluding carboxylic acids is 1. The third-order valence-corrected chi connectivity index (χ3v) is 4.52. The van der Waals surface area contributed by atoms with Gasteiger partial charge in [-0.3, -0.25) is 4.79 Å². The molecule has 0 N–H and O–H groups in total. The number of thiophene rings is 1. The number of rotatable bonds is 5. The third kappa shape index (κ3) is 2.63. The summed E-state index contributed by atoms with van der Waals surface area (Å²) in [5.41, 5.74) is 0.479. The monoisotopic (exact) mass is 290 g/mol. The molecule has 4 nitrogen and oxygen atoms in total. The van der Waals surface area contributed by atoms with Gasteiger partial charge in [0.25, 0.3) is 5.91 Å². The van der Waals surface area contributed by atoms with E-state index in [0.717, 1.165) is 12.8 Å². The highest BCUT2D eigenvalue weighted by molar-refractivity contribution is 7.11. The lowest BCUT2D eigenvalue weighted by atomic mass is 10.2. The van der Waals surface area contributed by atoms with Crippen LogP contribution >= 0.6 is 11.3 Å². The van der Waals surface area contributed by atoms with Crippen molar-refractivity contribution in [2.24, 2.45) is 0 Å². The molecule has 0 radical (unpaired) electrons. The van der Waals surface area contributed by atoms with Gasteiger partial charge >= 0.3 is 0 Å². The van der Waals surface area contributed by atoms with Crippen molar-refractivity contribution < 1.29 is 9.21 Å². The Hall–Kier alpha value is -1.62. The molecule has 0 unspecified atom stereocenters. The number of carbonyl (C=O) groups is 1. The summed E-state index contributed by atoms with van der Waals surface area (Å²) in [5.74, 6) is 0.687. The van der Waals surface area contributed by atoms with Crippen molar-refractivity contribution in [3.05, 3.63) is 39.7 Å². The number of aromatic nitrogens is 1. The molecule has 0 atom stereocenters. The molecule has 2 aromatic rings. The van der Waals surface area contributed by atoms with Gasteiger partial charge in [-0.15, -0.1) is 11.3 Å². The molecule has 0 aliphatic heterocycles. The van der Waals surface area contributed by atoms with Crippen LogP contribution in [0.2, 0.25) is 0 Å². The standard InChI is InChI=1S/C15H18N2O2S/c1-3-13-14(16-9-19-13)15(18)17(11-5-6-11)8-12-7-4-10(2)20-12/h4,7,9,11H,3,5-6,8H2,1-2H3. The smallest absolute Gasteiger partial charge is 0.276 e. The number of hydrogen-bond donors (Lipinski definition) is 0. The summed E-state index contributed by atoms with van der Waals surface area (Å²) in [6.45, 7) is 4.74. The normalized spacial score (nSPS) is 14.5. The Kier molecular flexibility index (Phi) is 3.61. The molecule has 0 saturated heterocycles. The molecular weight excluding hydrogens is 272 g/mol. The maximum atomic E-state index is 12.7. The molecule has 3 rings (SSSR count). The summed E-state index contributed by atoms with van der Waals surface area (Å²) in [5, 5.41) is 0. The molecule has 0 bridgehead atoms. The second-order valence-electron chi connectivity index (χ2n) is 5.15. The number of hydrogen-bond acceptors (Lipinski definition) is 4. The molecule has 5 heteroatoms. The average molecular weight is 290 g/mol. The van der Waals surface area contributed by atoms with Gasteiger partial charge in [0, 0.05) is 22.2 Å². The van der Waals surface area contributed by atoms with Gasteiger partial charge in [0.05, 0.1) is 6.54 Å². The zero-order valence-corrected chi connectivity index (χ0v) is 12.6. The van der Waals surface area contributed by atoms with Gasteiger partial charge in [-0.05, 0) is 31.9 Å². The largest absolute Gasteiger partial charge is 0.448 e. The van der Waals surface area contributed by atoms with Crippen LogP contribution in [0.5, 0.6) is 0 Å². The van der Waals surface area contributed by atoms with Crippen LogP contribution in [0.1, 0.15) is 45.8 Å². The Balaban J connectivity index is 1.81. The van der Waals surface area contributed by atoms with Crippen LogP contribution in [0.25, 0.3) is 0 Å². The first kappa shape index (κ1) is 13.4. The minimum absolute atomic E-state index is 0.00385. The van der Waals surface area contributed by atoms with Crippen LogP contribution in [-0.2, 0) is 13.0 Å². The Labute approximate surface area is 122 Å². The average Bonchev–Trinajstić information content (AvgIpc) is 3.02. The van der Waals surface area contributed by atoms with Crippen molar-refractivity contribution in [3.63, 3.8) is 0 Å². The van der Waals surface area contributed by atoms with E-state index < -0.39 is 0 Å². The molecule has 20 heavy (non-hydrogen) atoms. The molecule has 1 fully saturated rings. The summed E-state index contributed by atoms with van der Waals surface area (Å²) in [4.78, 5) is 21.2. The van der Waals surface area contributed by atoms with E-state index in [9.17, 15) is 4.79 Å². The third-order valence-electron chi connectivity index (χ3n) is 3.54. The molecule has 2 aromatic heterocycles. The van der Waals surface area contributed by atoms with Crippen LogP contribution in [0.4, 0.5) is 0 Å². The first-order chi connectivity index (χ1) is 9.69. The van der Waals surface area contributed by atoms with E-state index in [1.54, 1.807) is 11.3 Å². The van der Waals surface area contributed by atoms with E-state index in [1.165, 1.54) is 16.1 Å². The number of nitrogens with zero attached hydrogens (tertiary/aromatic N) is 2. The topological polar surface area (TPSA) is 46.3 Å². The molecule has 106 valence electrons. The Morgan fingerprint density at radius 3 is 2.90 bits per heavy atom. The van der Waals surface area contributed by atoms with Gasteiger partial charge in [0.2, 0.25) is 0 Å². The van der Waals surface area contributed by atoms with Crippen LogP contribution in [0.15, 0.2) is 22.9 Å². The van der Waals surface area contributed by atoms with E-state index in [-0.39, 0.29) is 5.91 Å². The Bertz CT molecular complexity index is 613. The number of oxazole rings is 1. The lowest BCUT2D eigenvalue weighted by Crippen LogP contribution is -2.33. The highest BCUT2D eigenvalue weighted by atomic mass is 32.1. The second kappa shape index (κ2) is 5.40. The minimum atomic E-state index is 0.00385. The molecule has 1 saturated carbocycles. The van der Waals surface area contributed by atoms with Crippen molar-refractivity contribution in [2.45, 2.75) is 45.7 Å². The molecular formula is C15H18N2O2S. The lowest BCUT2D eigenvalue weighted by Gasteiger charge is -2.21. The van der Waals surface area contributed by atoms with E-state index in [0.29, 0.717) is 30.5 Å². The molecule has 1 aliphatic carbocycles. The summed E-state index contributed by atoms with van der Waals surface area (Å²) in [6.07, 6.45) is 4.24. The fraction of sp³-hybridized carbons (Fsp3) is 0.467. The summed E-state index contributed by atoms with van der Waals surface area (Å²) >= 11 is 1.75. The molecule has 1 amide bonds. The highest BCUT2D eigenvalue weighted by Gasteiger charge is 2.35. The molecule has 1 aliphatic rings. The number of amides is 1. The van der Waals surface area contributed by atoms with Crippen molar-refractivity contribution in [1.82, 2.24) is 9.88 Å². The number of aryl methyl sites for hydroxylation is 2. The van der Waals surface area contributed by atoms with Gasteiger partial charge in [-0.25, -0.2) is 4.98 Å². The zero-order valence-electron chi connectivity index (χ0n) is 11.8. The Morgan fingerprint density at radius 2 is 2.30 bits per heavy atom. The van der Waals surface area contributed by atoms with Crippen LogP contribution in [0.3, 0.4) is 0 Å². The zero-order chi connectivity index (χ0) is 14.1. The van der Waals surface area contributed by atoms with Gasteiger partial charge in [0.1, 0.15) is 5.76 Å². The van der Waals surface area contributed by atoms with Crippen molar-refractivity contribution in [2.75, 3.05) is 0 Å². The van der Waals surface area contributed by atoms with Gasteiger partial charge < -0.3 is 9.32 Å². The Morgan fingerprint density at radius 1 is 1.50 bits per heavy atom. The second-order valence-corrected chi connectivity index (χ2v) is 6.53. The molecule has 0 spiro atoms. The molecule has 0 aromatic carbocycles. The summed E-state index contributed by atoms with van der Waals surface area (Å²) in [7, 11) is 0. The summed E-state index contributed by atoms with van der Waals surface area (Å²) in [6, 6.07) is 4.57. The first-order valence-corrected chi connectivity index (χ1v) is 7.79. The van der Waals surface area contributed by atoms with E-state index in [4.69, 9.17) is 4.42 Å². The maximum absolute atomic E-state index is 12.7. The van der Waals surface area contributed by atoms with Gasteiger partial charge in [0.15, 0.2) is 12.1 Å². The van der Waals surface area contributed by atoms with E-state index >= 15 is 0 Å². The predicted molar refractivity (Wildman–Crippen MR) is 77.8 cm³/mol. The van der Waals surface area contributed by atoms with Crippen molar-refractivity contribution in [1.29, 1.82) is 0 Å². The minimum Gasteiger partial charge on any atom is -0.448 e. The van der Waals surface area contributed by atoms with Crippen molar-refractivity contribution in [3.8, 4) is 0 Å².